The first-order valence-electron chi connectivity index (χ1n) is 6.89. The van der Waals surface area contributed by atoms with Gasteiger partial charge in [-0.3, -0.25) is 4.79 Å². The number of aromatic nitrogens is 2. The molecule has 0 aliphatic carbocycles. The van der Waals surface area contributed by atoms with Crippen LogP contribution in [0.15, 0.2) is 24.7 Å². The van der Waals surface area contributed by atoms with Crippen molar-refractivity contribution < 1.29 is 4.79 Å². The summed E-state index contributed by atoms with van der Waals surface area (Å²) in [6, 6.07) is 3.04. The highest BCUT2D eigenvalue weighted by atomic mass is 35.5. The summed E-state index contributed by atoms with van der Waals surface area (Å²) < 4.78 is 1.82. The van der Waals surface area contributed by atoms with Crippen LogP contribution in [-0.4, -0.2) is 33.4 Å². The zero-order valence-corrected chi connectivity index (χ0v) is 11.6. The van der Waals surface area contributed by atoms with Gasteiger partial charge in [-0.1, -0.05) is 11.6 Å². The molecule has 0 radical (unpaired) electrons. The van der Waals surface area contributed by atoms with E-state index in [1.807, 2.05) is 10.5 Å². The summed E-state index contributed by atoms with van der Waals surface area (Å²) in [4.78, 5) is 16.5. The van der Waals surface area contributed by atoms with Crippen LogP contribution < -0.4 is 10.6 Å². The molecule has 2 N–H and O–H groups in total. The highest BCUT2D eigenvalue weighted by molar-refractivity contribution is 6.31. The van der Waals surface area contributed by atoms with E-state index in [4.69, 9.17) is 11.6 Å². The monoisotopic (exact) mass is 290 g/mol. The Hall–Kier alpha value is -1.59. The van der Waals surface area contributed by atoms with Gasteiger partial charge in [0, 0.05) is 30.5 Å². The van der Waals surface area contributed by atoms with Crippen LogP contribution in [0, 0.1) is 0 Å². The number of rotatable bonds is 2. The summed E-state index contributed by atoms with van der Waals surface area (Å²) in [5.41, 5.74) is 1.31. The molecule has 3 atom stereocenters. The van der Waals surface area contributed by atoms with E-state index in [-0.39, 0.29) is 11.9 Å². The van der Waals surface area contributed by atoms with Crippen LogP contribution in [0.3, 0.4) is 0 Å². The third-order valence-electron chi connectivity index (χ3n) is 4.29. The Kier molecular flexibility index (Phi) is 2.72. The summed E-state index contributed by atoms with van der Waals surface area (Å²) in [6.07, 6.45) is 8.55. The molecular weight excluding hydrogens is 276 g/mol. The predicted molar refractivity (Wildman–Crippen MR) is 76.0 cm³/mol. The van der Waals surface area contributed by atoms with E-state index in [1.54, 1.807) is 18.6 Å². The van der Waals surface area contributed by atoms with E-state index in [1.165, 1.54) is 6.42 Å². The van der Waals surface area contributed by atoms with Crippen molar-refractivity contribution in [3.05, 3.63) is 35.4 Å². The number of hydrogen-bond donors (Lipinski definition) is 2. The lowest BCUT2D eigenvalue weighted by molar-refractivity contribution is 0.0925. The fourth-order valence-electron chi connectivity index (χ4n) is 3.32. The first kappa shape index (κ1) is 12.2. The molecule has 0 saturated carbocycles. The molecule has 2 aliphatic heterocycles. The van der Waals surface area contributed by atoms with Gasteiger partial charge >= 0.3 is 0 Å². The molecule has 2 aromatic rings. The van der Waals surface area contributed by atoms with E-state index < -0.39 is 0 Å². The summed E-state index contributed by atoms with van der Waals surface area (Å²) in [5.74, 6) is -0.115. The molecule has 5 nitrogen and oxygen atoms in total. The number of halogens is 1. The molecule has 4 heterocycles. The Labute approximate surface area is 121 Å². The van der Waals surface area contributed by atoms with Gasteiger partial charge in [0.1, 0.15) is 5.69 Å². The van der Waals surface area contributed by atoms with E-state index in [0.717, 1.165) is 18.4 Å². The largest absolute Gasteiger partial charge is 0.346 e. The van der Waals surface area contributed by atoms with Crippen molar-refractivity contribution in [2.45, 2.75) is 37.4 Å². The van der Waals surface area contributed by atoms with Crippen molar-refractivity contribution in [2.24, 2.45) is 0 Å². The number of carbonyl (C=O) groups excluding carboxylic acids is 1. The van der Waals surface area contributed by atoms with Gasteiger partial charge in [-0.15, -0.1) is 0 Å². The molecule has 0 unspecified atom stereocenters. The standard InChI is InChI=1S/C14H15ClN4O/c15-8-3-10-5-16-13(7-19(10)6-8)14(20)18-12-4-9-1-2-11(12)17-9/h3,5-7,9,11-12,17H,1-2,4H2,(H,18,20)/t9-,11+,12-/m1/s1. The van der Waals surface area contributed by atoms with Crippen LogP contribution in [0.25, 0.3) is 5.52 Å². The lowest BCUT2D eigenvalue weighted by Crippen LogP contribution is -2.43. The lowest BCUT2D eigenvalue weighted by Gasteiger charge is -2.21. The molecule has 6 heteroatoms. The molecule has 1 amide bonds. The van der Waals surface area contributed by atoms with Gasteiger partial charge < -0.3 is 15.0 Å². The van der Waals surface area contributed by atoms with Crippen LogP contribution >= 0.6 is 11.6 Å². The summed E-state index contributed by atoms with van der Waals surface area (Å²) in [5, 5.41) is 7.24. The van der Waals surface area contributed by atoms with Gasteiger partial charge in [0.05, 0.1) is 16.7 Å². The van der Waals surface area contributed by atoms with Crippen molar-refractivity contribution in [3.63, 3.8) is 0 Å². The molecule has 2 saturated heterocycles. The number of amides is 1. The Balaban J connectivity index is 1.54. The number of fused-ring (bicyclic) bond motifs is 3. The normalized spacial score (nSPS) is 28.1. The average Bonchev–Trinajstić information content (AvgIpc) is 3.10. The second-order valence-electron chi connectivity index (χ2n) is 5.63. The molecular formula is C14H15ClN4O. The molecule has 104 valence electrons. The van der Waals surface area contributed by atoms with Crippen molar-refractivity contribution >= 4 is 23.0 Å². The smallest absolute Gasteiger partial charge is 0.271 e. The maximum absolute atomic E-state index is 12.3. The molecule has 20 heavy (non-hydrogen) atoms. The van der Waals surface area contributed by atoms with Crippen molar-refractivity contribution in [1.29, 1.82) is 0 Å². The number of nitrogens with one attached hydrogen (secondary N) is 2. The summed E-state index contributed by atoms with van der Waals surface area (Å²) in [6.45, 7) is 0. The molecule has 2 fully saturated rings. The first-order valence-corrected chi connectivity index (χ1v) is 7.27. The Morgan fingerprint density at radius 3 is 3.10 bits per heavy atom. The van der Waals surface area contributed by atoms with E-state index in [0.29, 0.717) is 22.8 Å². The van der Waals surface area contributed by atoms with Crippen LogP contribution in [0.1, 0.15) is 29.8 Å². The Morgan fingerprint density at radius 1 is 1.45 bits per heavy atom. The van der Waals surface area contributed by atoms with Gasteiger partial charge in [0.25, 0.3) is 5.91 Å². The molecule has 2 aliphatic rings. The highest BCUT2D eigenvalue weighted by Crippen LogP contribution is 2.28. The minimum absolute atomic E-state index is 0.115. The predicted octanol–water partition coefficient (Wildman–Crippen LogP) is 1.61. The average molecular weight is 291 g/mol. The minimum atomic E-state index is -0.115. The zero-order chi connectivity index (χ0) is 13.7. The third-order valence-corrected chi connectivity index (χ3v) is 4.50. The van der Waals surface area contributed by atoms with Crippen LogP contribution in [0.2, 0.25) is 5.02 Å². The summed E-state index contributed by atoms with van der Waals surface area (Å²) in [7, 11) is 0. The maximum atomic E-state index is 12.3. The maximum Gasteiger partial charge on any atom is 0.271 e. The second-order valence-corrected chi connectivity index (χ2v) is 6.06. The number of carbonyl (C=O) groups is 1. The number of hydrogen-bond acceptors (Lipinski definition) is 3. The lowest BCUT2D eigenvalue weighted by atomic mass is 9.95. The Bertz CT molecular complexity index is 683. The third kappa shape index (κ3) is 1.98. The van der Waals surface area contributed by atoms with E-state index in [2.05, 4.69) is 15.6 Å². The van der Waals surface area contributed by atoms with Crippen LogP contribution in [0.4, 0.5) is 0 Å². The molecule has 2 bridgehead atoms. The SMILES string of the molecule is O=C(N[C@@H]1C[C@H]2CC[C@@H]1N2)c1cn2cc(Cl)cc2cn1. The quantitative estimate of drug-likeness (QED) is 0.883. The van der Waals surface area contributed by atoms with Gasteiger partial charge in [-0.2, -0.15) is 0 Å². The van der Waals surface area contributed by atoms with Crippen molar-refractivity contribution in [1.82, 2.24) is 20.0 Å². The second kappa shape index (κ2) is 4.46. The molecule has 0 aromatic carbocycles. The van der Waals surface area contributed by atoms with Crippen LogP contribution in [0.5, 0.6) is 0 Å². The highest BCUT2D eigenvalue weighted by Gasteiger charge is 2.39. The number of nitrogens with zero attached hydrogens (tertiary/aromatic N) is 2. The van der Waals surface area contributed by atoms with Gasteiger partial charge in [-0.25, -0.2) is 4.98 Å². The van der Waals surface area contributed by atoms with Gasteiger partial charge in [0.2, 0.25) is 0 Å². The fourth-order valence-corrected chi connectivity index (χ4v) is 3.54. The molecule has 2 aromatic heterocycles. The minimum Gasteiger partial charge on any atom is -0.346 e. The molecule has 4 rings (SSSR count). The zero-order valence-electron chi connectivity index (χ0n) is 10.8. The van der Waals surface area contributed by atoms with Crippen molar-refractivity contribution in [3.8, 4) is 0 Å². The van der Waals surface area contributed by atoms with E-state index in [9.17, 15) is 4.79 Å². The van der Waals surface area contributed by atoms with E-state index >= 15 is 0 Å². The summed E-state index contributed by atoms with van der Waals surface area (Å²) >= 11 is 5.94. The fraction of sp³-hybridized carbons (Fsp3) is 0.429. The van der Waals surface area contributed by atoms with Crippen molar-refractivity contribution in [2.75, 3.05) is 0 Å². The first-order chi connectivity index (χ1) is 9.69. The van der Waals surface area contributed by atoms with Gasteiger partial charge in [-0.05, 0) is 25.3 Å². The topological polar surface area (TPSA) is 58.4 Å². The van der Waals surface area contributed by atoms with Gasteiger partial charge in [0.15, 0.2) is 0 Å². The Morgan fingerprint density at radius 2 is 2.35 bits per heavy atom. The van der Waals surface area contributed by atoms with Crippen LogP contribution in [-0.2, 0) is 0 Å². The molecule has 0 spiro atoms.